The first-order valence-corrected chi connectivity index (χ1v) is 9.00. The quantitative estimate of drug-likeness (QED) is 0.474. The van der Waals surface area contributed by atoms with Crippen molar-refractivity contribution in [3.63, 3.8) is 0 Å². The van der Waals surface area contributed by atoms with E-state index in [2.05, 4.69) is 0 Å². The standard InChI is InChI=1S/C20H18O4S/c21-19(22)13-25-14-24-20-17-9-5-4-8-16(17)10-11-18(20)23-12-15-6-2-1-3-7-15/h1-11H,12-14H2,(H,21,22). The lowest BCUT2D eigenvalue weighted by molar-refractivity contribution is -0.133. The molecule has 0 spiro atoms. The van der Waals surface area contributed by atoms with Crippen LogP contribution >= 0.6 is 11.8 Å². The summed E-state index contributed by atoms with van der Waals surface area (Å²) in [5.41, 5.74) is 1.07. The number of carboxylic acids is 1. The number of thioether (sulfide) groups is 1. The Morgan fingerprint density at radius 2 is 1.68 bits per heavy atom. The number of aliphatic carboxylic acids is 1. The summed E-state index contributed by atoms with van der Waals surface area (Å²) in [4.78, 5) is 10.6. The van der Waals surface area contributed by atoms with Crippen molar-refractivity contribution in [3.8, 4) is 11.5 Å². The lowest BCUT2D eigenvalue weighted by atomic mass is 10.1. The minimum atomic E-state index is -0.855. The normalized spacial score (nSPS) is 10.6. The number of hydrogen-bond acceptors (Lipinski definition) is 4. The second-order valence-electron chi connectivity index (χ2n) is 5.39. The van der Waals surface area contributed by atoms with Gasteiger partial charge in [-0.2, -0.15) is 0 Å². The van der Waals surface area contributed by atoms with Gasteiger partial charge in [-0.25, -0.2) is 0 Å². The molecule has 128 valence electrons. The van der Waals surface area contributed by atoms with E-state index in [0.29, 0.717) is 18.1 Å². The Hall–Kier alpha value is -2.66. The molecule has 0 aliphatic carbocycles. The molecule has 0 amide bonds. The van der Waals surface area contributed by atoms with Crippen LogP contribution in [0.15, 0.2) is 66.7 Å². The van der Waals surface area contributed by atoms with Gasteiger partial charge in [0.1, 0.15) is 12.5 Å². The van der Waals surface area contributed by atoms with Crippen molar-refractivity contribution in [1.82, 2.24) is 0 Å². The molecule has 1 N–H and O–H groups in total. The summed E-state index contributed by atoms with van der Waals surface area (Å²) in [6.45, 7) is 0.442. The van der Waals surface area contributed by atoms with E-state index >= 15 is 0 Å². The molecule has 3 aromatic rings. The van der Waals surface area contributed by atoms with Crippen molar-refractivity contribution >= 4 is 28.5 Å². The fraction of sp³-hybridized carbons (Fsp3) is 0.150. The number of hydrogen-bond donors (Lipinski definition) is 1. The van der Waals surface area contributed by atoms with Crippen LogP contribution < -0.4 is 9.47 Å². The van der Waals surface area contributed by atoms with Gasteiger partial charge in [-0.05, 0) is 17.0 Å². The zero-order valence-electron chi connectivity index (χ0n) is 13.6. The van der Waals surface area contributed by atoms with Crippen molar-refractivity contribution in [2.75, 3.05) is 11.7 Å². The smallest absolute Gasteiger partial charge is 0.313 e. The first kappa shape index (κ1) is 17.2. The van der Waals surface area contributed by atoms with Crippen LogP contribution in [-0.4, -0.2) is 22.8 Å². The third-order valence-corrected chi connectivity index (χ3v) is 4.33. The number of fused-ring (bicyclic) bond motifs is 1. The molecular formula is C20H18O4S. The van der Waals surface area contributed by atoms with E-state index in [1.807, 2.05) is 66.7 Å². The van der Waals surface area contributed by atoms with Crippen LogP contribution in [0.3, 0.4) is 0 Å². The fourth-order valence-corrected chi connectivity index (χ4v) is 2.91. The molecule has 25 heavy (non-hydrogen) atoms. The second kappa shape index (κ2) is 8.44. The molecule has 0 radical (unpaired) electrons. The van der Waals surface area contributed by atoms with Crippen molar-refractivity contribution in [3.05, 3.63) is 72.3 Å². The molecule has 0 fully saturated rings. The third-order valence-electron chi connectivity index (χ3n) is 3.59. The molecule has 3 aromatic carbocycles. The molecule has 5 heteroatoms. The Kier molecular flexibility index (Phi) is 5.80. The predicted octanol–water partition coefficient (Wildman–Crippen LogP) is 4.57. The summed E-state index contributed by atoms with van der Waals surface area (Å²) >= 11 is 1.21. The molecular weight excluding hydrogens is 336 g/mol. The van der Waals surface area contributed by atoms with E-state index in [1.165, 1.54) is 11.8 Å². The second-order valence-corrected chi connectivity index (χ2v) is 6.33. The summed E-state index contributed by atoms with van der Waals surface area (Å²) < 4.78 is 11.8. The highest BCUT2D eigenvalue weighted by atomic mass is 32.2. The van der Waals surface area contributed by atoms with Crippen LogP contribution in [0, 0.1) is 0 Å². The molecule has 3 rings (SSSR count). The Morgan fingerprint density at radius 1 is 0.920 bits per heavy atom. The summed E-state index contributed by atoms with van der Waals surface area (Å²) in [6.07, 6.45) is 0. The lowest BCUT2D eigenvalue weighted by Gasteiger charge is -2.15. The van der Waals surface area contributed by atoms with E-state index in [-0.39, 0.29) is 11.7 Å². The van der Waals surface area contributed by atoms with Crippen molar-refractivity contribution < 1.29 is 19.4 Å². The topological polar surface area (TPSA) is 55.8 Å². The van der Waals surface area contributed by atoms with Crippen LogP contribution in [0.25, 0.3) is 10.8 Å². The average Bonchev–Trinajstić information content (AvgIpc) is 2.64. The lowest BCUT2D eigenvalue weighted by Crippen LogP contribution is -2.04. The zero-order chi connectivity index (χ0) is 17.5. The SMILES string of the molecule is O=C(O)CSCOc1c(OCc2ccccc2)ccc2ccccc12. The van der Waals surface area contributed by atoms with Gasteiger partial charge in [-0.15, -0.1) is 11.8 Å². The van der Waals surface area contributed by atoms with Crippen LogP contribution in [0.5, 0.6) is 11.5 Å². The maximum absolute atomic E-state index is 10.6. The molecule has 0 saturated heterocycles. The Labute approximate surface area is 150 Å². The van der Waals surface area contributed by atoms with E-state index in [9.17, 15) is 4.79 Å². The molecule has 0 bridgehead atoms. The third kappa shape index (κ3) is 4.67. The van der Waals surface area contributed by atoms with Gasteiger partial charge < -0.3 is 14.6 Å². The van der Waals surface area contributed by atoms with Gasteiger partial charge in [0.05, 0.1) is 5.75 Å². The Bertz CT molecular complexity index is 849. The van der Waals surface area contributed by atoms with E-state index in [1.54, 1.807) is 0 Å². The van der Waals surface area contributed by atoms with E-state index in [4.69, 9.17) is 14.6 Å². The number of ether oxygens (including phenoxy) is 2. The minimum absolute atomic E-state index is 0.00493. The van der Waals surface area contributed by atoms with E-state index in [0.717, 1.165) is 16.3 Å². The average molecular weight is 354 g/mol. The van der Waals surface area contributed by atoms with Gasteiger partial charge >= 0.3 is 5.97 Å². The van der Waals surface area contributed by atoms with Crippen LogP contribution in [0.1, 0.15) is 5.56 Å². The number of carbonyl (C=O) groups is 1. The zero-order valence-corrected chi connectivity index (χ0v) is 14.4. The van der Waals surface area contributed by atoms with E-state index < -0.39 is 5.97 Å². The molecule has 0 aliphatic heterocycles. The van der Waals surface area contributed by atoms with Crippen molar-refractivity contribution in [2.45, 2.75) is 6.61 Å². The molecule has 0 saturated carbocycles. The van der Waals surface area contributed by atoms with Gasteiger partial charge in [0.25, 0.3) is 0 Å². The highest BCUT2D eigenvalue weighted by molar-refractivity contribution is 7.99. The van der Waals surface area contributed by atoms with Gasteiger partial charge in [-0.3, -0.25) is 4.79 Å². The molecule has 4 nitrogen and oxygen atoms in total. The number of carboxylic acid groups (broad SMARTS) is 1. The largest absolute Gasteiger partial charge is 0.485 e. The molecule has 0 heterocycles. The highest BCUT2D eigenvalue weighted by Gasteiger charge is 2.11. The minimum Gasteiger partial charge on any atom is -0.485 e. The van der Waals surface area contributed by atoms with Crippen LogP contribution in [0.2, 0.25) is 0 Å². The fourth-order valence-electron chi connectivity index (χ4n) is 2.45. The summed E-state index contributed by atoms with van der Waals surface area (Å²) in [7, 11) is 0. The number of rotatable bonds is 8. The van der Waals surface area contributed by atoms with Crippen molar-refractivity contribution in [1.29, 1.82) is 0 Å². The summed E-state index contributed by atoms with van der Waals surface area (Å²) in [6, 6.07) is 21.7. The highest BCUT2D eigenvalue weighted by Crippen LogP contribution is 2.36. The maximum Gasteiger partial charge on any atom is 0.313 e. The first-order chi connectivity index (χ1) is 12.2. The van der Waals surface area contributed by atoms with Gasteiger partial charge in [-0.1, -0.05) is 60.7 Å². The van der Waals surface area contributed by atoms with Gasteiger partial charge in [0.15, 0.2) is 11.5 Å². The van der Waals surface area contributed by atoms with Gasteiger partial charge in [0, 0.05) is 5.39 Å². The maximum atomic E-state index is 10.6. The van der Waals surface area contributed by atoms with Gasteiger partial charge in [0.2, 0.25) is 0 Å². The molecule has 0 aromatic heterocycles. The summed E-state index contributed by atoms with van der Waals surface area (Å²) in [5, 5.41) is 10.7. The summed E-state index contributed by atoms with van der Waals surface area (Å²) in [5.74, 6) is 0.699. The monoisotopic (exact) mass is 354 g/mol. The Balaban J connectivity index is 1.80. The molecule has 0 aliphatic rings. The number of benzene rings is 3. The first-order valence-electron chi connectivity index (χ1n) is 7.85. The Morgan fingerprint density at radius 3 is 2.48 bits per heavy atom. The van der Waals surface area contributed by atoms with Crippen LogP contribution in [0.4, 0.5) is 0 Å². The molecule has 0 atom stereocenters. The van der Waals surface area contributed by atoms with Crippen LogP contribution in [-0.2, 0) is 11.4 Å². The van der Waals surface area contributed by atoms with Crippen molar-refractivity contribution in [2.24, 2.45) is 0 Å². The molecule has 0 unspecified atom stereocenters. The predicted molar refractivity (Wildman–Crippen MR) is 100 cm³/mol.